The number of hydrogen-bond acceptors (Lipinski definition) is 0. The molecule has 0 rings (SSSR count). The van der Waals surface area contributed by atoms with Crippen molar-refractivity contribution in [2.24, 2.45) is 5.41 Å². The van der Waals surface area contributed by atoms with Crippen LogP contribution in [-0.2, 0) is 16.3 Å². The average Bonchev–Trinajstić information content (AvgIpc) is 1.71. The quantitative estimate of drug-likeness (QED) is 0.443. The van der Waals surface area contributed by atoms with E-state index in [2.05, 4.69) is 41.3 Å². The Morgan fingerprint density at radius 1 is 1.38 bits per heavy atom. The van der Waals surface area contributed by atoms with Crippen molar-refractivity contribution in [3.05, 3.63) is 6.92 Å². The molecule has 0 nitrogen and oxygen atoms in total. The van der Waals surface area contributed by atoms with Crippen LogP contribution in [0, 0.1) is 12.3 Å². The molecular formula is C6H13BrZn. The first-order valence-corrected chi connectivity index (χ1v) is 9.57. The van der Waals surface area contributed by atoms with Gasteiger partial charge in [0.2, 0.25) is 0 Å². The van der Waals surface area contributed by atoms with E-state index in [1.165, 1.54) is 16.3 Å². The molecule has 0 aliphatic heterocycles. The average molecular weight is 230 g/mol. The summed E-state index contributed by atoms with van der Waals surface area (Å²) in [7, 11) is 0. The van der Waals surface area contributed by atoms with E-state index in [9.17, 15) is 0 Å². The third kappa shape index (κ3) is 15.7. The molecule has 0 aliphatic carbocycles. The van der Waals surface area contributed by atoms with Crippen molar-refractivity contribution in [1.29, 1.82) is 0 Å². The van der Waals surface area contributed by atoms with Crippen LogP contribution in [0.2, 0.25) is 0 Å². The van der Waals surface area contributed by atoms with E-state index < -0.39 is 0 Å². The van der Waals surface area contributed by atoms with Crippen LogP contribution < -0.4 is 0 Å². The van der Waals surface area contributed by atoms with Gasteiger partial charge in [-0.25, -0.2) is 0 Å². The van der Waals surface area contributed by atoms with Gasteiger partial charge in [0.25, 0.3) is 0 Å². The molecule has 0 bridgehead atoms. The molecule has 0 aromatic heterocycles. The molecule has 8 heavy (non-hydrogen) atoms. The second kappa shape index (κ2) is 6.23. The van der Waals surface area contributed by atoms with Gasteiger partial charge in [-0.1, -0.05) is 26.2 Å². The van der Waals surface area contributed by atoms with Crippen LogP contribution in [0.1, 0.15) is 27.2 Å². The molecule has 0 aromatic carbocycles. The maximum atomic E-state index is 3.76. The van der Waals surface area contributed by atoms with Crippen molar-refractivity contribution in [3.8, 4) is 0 Å². The van der Waals surface area contributed by atoms with E-state index in [1.807, 2.05) is 0 Å². The predicted molar refractivity (Wildman–Crippen MR) is 38.4 cm³/mol. The molecule has 0 saturated carbocycles. The zero-order valence-electron chi connectivity index (χ0n) is 6.00. The van der Waals surface area contributed by atoms with Crippen LogP contribution in [0.3, 0.4) is 0 Å². The van der Waals surface area contributed by atoms with Crippen molar-refractivity contribution >= 4 is 13.6 Å². The third-order valence-electron chi connectivity index (χ3n) is 0.750. The molecule has 0 spiro atoms. The van der Waals surface area contributed by atoms with Crippen LogP contribution in [0.4, 0.5) is 0 Å². The molecule has 0 heterocycles. The van der Waals surface area contributed by atoms with Gasteiger partial charge in [-0.15, -0.1) is 0 Å². The van der Waals surface area contributed by atoms with Gasteiger partial charge in [-0.2, -0.15) is 6.42 Å². The zero-order valence-corrected chi connectivity index (χ0v) is 10.6. The first-order valence-electron chi connectivity index (χ1n) is 2.62. The summed E-state index contributed by atoms with van der Waals surface area (Å²) in [6, 6.07) is 0. The molecule has 0 N–H and O–H groups in total. The van der Waals surface area contributed by atoms with Crippen molar-refractivity contribution < 1.29 is 16.3 Å². The van der Waals surface area contributed by atoms with Gasteiger partial charge in [0.05, 0.1) is 0 Å². The number of rotatable bonds is 0. The minimum atomic E-state index is 0.431. The molecule has 0 radical (unpaired) electrons. The molecule has 0 aliphatic rings. The van der Waals surface area contributed by atoms with Crippen molar-refractivity contribution in [3.63, 3.8) is 0 Å². The molecule has 0 aromatic rings. The van der Waals surface area contributed by atoms with Crippen molar-refractivity contribution in [2.45, 2.75) is 27.2 Å². The van der Waals surface area contributed by atoms with E-state index in [0.717, 1.165) is 6.42 Å². The summed E-state index contributed by atoms with van der Waals surface area (Å²) in [5.41, 5.74) is 0.431. The van der Waals surface area contributed by atoms with Crippen molar-refractivity contribution in [2.75, 3.05) is 0 Å². The van der Waals surface area contributed by atoms with Crippen LogP contribution in [-0.4, -0.2) is 0 Å². The summed E-state index contributed by atoms with van der Waals surface area (Å²) >= 11 is 4.25. The normalized spacial score (nSPS) is 9.88. The van der Waals surface area contributed by atoms with Crippen LogP contribution in [0.5, 0.6) is 0 Å². The summed E-state index contributed by atoms with van der Waals surface area (Å²) in [6.45, 7) is 10.3. The third-order valence-corrected chi connectivity index (χ3v) is 0.750. The summed E-state index contributed by atoms with van der Waals surface area (Å²) in [5.74, 6) is 0. The van der Waals surface area contributed by atoms with Gasteiger partial charge in [-0.05, 0) is 0 Å². The molecule has 2 heteroatoms. The van der Waals surface area contributed by atoms with Gasteiger partial charge >= 0.3 is 30.0 Å². The van der Waals surface area contributed by atoms with E-state index in [-0.39, 0.29) is 0 Å². The molecule has 0 unspecified atom stereocenters. The Hall–Kier alpha value is 1.10. The minimum absolute atomic E-state index is 0.431. The predicted octanol–water partition coefficient (Wildman–Crippen LogP) is 3.10. The number of halogens is 1. The Labute approximate surface area is 69.5 Å². The number of hydrogen-bond donors (Lipinski definition) is 0. The van der Waals surface area contributed by atoms with Crippen LogP contribution in [0.25, 0.3) is 0 Å². The SMILES string of the molecule is [CH2-]CC(C)(C)C.[Zn+][Br]. The monoisotopic (exact) mass is 228 g/mol. The summed E-state index contributed by atoms with van der Waals surface area (Å²) in [5, 5.41) is 0. The fourth-order valence-corrected chi connectivity index (χ4v) is 0. The summed E-state index contributed by atoms with van der Waals surface area (Å²) in [4.78, 5) is 0. The molecule has 0 atom stereocenters. The molecule has 0 fully saturated rings. The van der Waals surface area contributed by atoms with Crippen molar-refractivity contribution in [1.82, 2.24) is 0 Å². The molecule has 46 valence electrons. The fourth-order valence-electron chi connectivity index (χ4n) is 0. The Morgan fingerprint density at radius 3 is 1.50 bits per heavy atom. The Bertz CT molecular complexity index is 38.3. The van der Waals surface area contributed by atoms with E-state index >= 15 is 0 Å². The second-order valence-electron chi connectivity index (χ2n) is 2.81. The van der Waals surface area contributed by atoms with Gasteiger partial charge in [-0.3, -0.25) is 0 Å². The summed E-state index contributed by atoms with van der Waals surface area (Å²) in [6.07, 6.45) is 1.02. The summed E-state index contributed by atoms with van der Waals surface area (Å²) < 4.78 is 0. The van der Waals surface area contributed by atoms with Gasteiger partial charge in [0.15, 0.2) is 0 Å². The molecular weight excluding hydrogens is 217 g/mol. The van der Waals surface area contributed by atoms with Crippen LogP contribution >= 0.6 is 13.6 Å². The standard InChI is InChI=1S/C6H13.BrH.Zn/c1-5-6(2,3)4;;/h1,5H2,2-4H3;1H;/q-1;;+2/p-1. The van der Waals surface area contributed by atoms with E-state index in [1.54, 1.807) is 0 Å². The maximum absolute atomic E-state index is 3.76. The van der Waals surface area contributed by atoms with E-state index in [0.29, 0.717) is 5.41 Å². The first-order chi connectivity index (χ1) is 3.56. The first kappa shape index (κ1) is 11.8. The Morgan fingerprint density at radius 2 is 1.50 bits per heavy atom. The van der Waals surface area contributed by atoms with Gasteiger partial charge in [0, 0.05) is 0 Å². The molecule has 0 saturated heterocycles. The second-order valence-corrected chi connectivity index (χ2v) is 2.81. The Kier molecular flexibility index (Phi) is 9.22. The zero-order chi connectivity index (χ0) is 7.21. The topological polar surface area (TPSA) is 0 Å². The van der Waals surface area contributed by atoms with E-state index in [4.69, 9.17) is 0 Å². The fraction of sp³-hybridized carbons (Fsp3) is 0.833. The molecule has 0 amide bonds. The van der Waals surface area contributed by atoms with Gasteiger partial charge in [0.1, 0.15) is 0 Å². The van der Waals surface area contributed by atoms with Crippen LogP contribution in [0.15, 0.2) is 0 Å². The Balaban J connectivity index is 0. The van der Waals surface area contributed by atoms with Gasteiger partial charge < -0.3 is 6.92 Å².